The molecule has 0 aliphatic carbocycles. The second kappa shape index (κ2) is 8.28. The number of rotatable bonds is 4. The molecule has 31 heavy (non-hydrogen) atoms. The summed E-state index contributed by atoms with van der Waals surface area (Å²) in [6.07, 6.45) is 0. The molecule has 0 unspecified atom stereocenters. The monoisotopic (exact) mass is 430 g/mol. The first-order valence-corrected chi connectivity index (χ1v) is 10.6. The molecular formula is C24H22N4O2S. The summed E-state index contributed by atoms with van der Waals surface area (Å²) in [7, 11) is 3.33. The molecule has 1 N–H and O–H groups in total. The smallest absolute Gasteiger partial charge is 0.271 e. The number of anilines is 1. The third-order valence-corrected chi connectivity index (χ3v) is 5.96. The maximum Gasteiger partial charge on any atom is 0.271 e. The molecule has 156 valence electrons. The van der Waals surface area contributed by atoms with E-state index in [1.165, 1.54) is 10.5 Å². The van der Waals surface area contributed by atoms with Gasteiger partial charge in [-0.05, 0) is 67.9 Å². The van der Waals surface area contributed by atoms with E-state index in [0.717, 1.165) is 20.8 Å². The molecule has 0 radical (unpaired) electrons. The van der Waals surface area contributed by atoms with Crippen LogP contribution in [0.1, 0.15) is 32.1 Å². The van der Waals surface area contributed by atoms with E-state index >= 15 is 0 Å². The number of aryl methyl sites for hydroxylation is 2. The lowest BCUT2D eigenvalue weighted by Gasteiger charge is -2.12. The molecule has 0 saturated carbocycles. The summed E-state index contributed by atoms with van der Waals surface area (Å²) in [6, 6.07) is 17.0. The van der Waals surface area contributed by atoms with E-state index < -0.39 is 0 Å². The van der Waals surface area contributed by atoms with E-state index in [2.05, 4.69) is 29.4 Å². The van der Waals surface area contributed by atoms with Crippen LogP contribution in [0.25, 0.3) is 20.8 Å². The Kier molecular flexibility index (Phi) is 5.52. The van der Waals surface area contributed by atoms with Crippen molar-refractivity contribution < 1.29 is 9.59 Å². The average molecular weight is 431 g/mol. The van der Waals surface area contributed by atoms with E-state index in [4.69, 9.17) is 4.98 Å². The fourth-order valence-electron chi connectivity index (χ4n) is 3.20. The first-order chi connectivity index (χ1) is 14.8. The molecule has 2 heterocycles. The number of fused-ring (bicyclic) bond motifs is 1. The Morgan fingerprint density at radius 3 is 2.35 bits per heavy atom. The van der Waals surface area contributed by atoms with Crippen LogP contribution in [0.2, 0.25) is 0 Å². The van der Waals surface area contributed by atoms with Crippen LogP contribution >= 0.6 is 11.3 Å². The Balaban J connectivity index is 1.51. The van der Waals surface area contributed by atoms with Crippen molar-refractivity contribution in [3.05, 3.63) is 77.1 Å². The Labute approximate surface area is 184 Å². The third-order valence-electron chi connectivity index (χ3n) is 4.89. The Morgan fingerprint density at radius 2 is 1.68 bits per heavy atom. The van der Waals surface area contributed by atoms with Crippen LogP contribution in [0.4, 0.5) is 5.69 Å². The van der Waals surface area contributed by atoms with E-state index in [0.29, 0.717) is 22.6 Å². The Bertz CT molecular complexity index is 1290. The summed E-state index contributed by atoms with van der Waals surface area (Å²) in [5, 5.41) is 3.84. The number of thiazole rings is 1. The minimum atomic E-state index is -0.267. The van der Waals surface area contributed by atoms with Gasteiger partial charge in [-0.3, -0.25) is 9.59 Å². The average Bonchev–Trinajstić information content (AvgIpc) is 3.16. The Hall–Kier alpha value is -3.58. The van der Waals surface area contributed by atoms with Crippen molar-refractivity contribution in [2.24, 2.45) is 0 Å². The molecule has 0 atom stereocenters. The number of hydrogen-bond acceptors (Lipinski definition) is 5. The van der Waals surface area contributed by atoms with Gasteiger partial charge in [-0.25, -0.2) is 9.97 Å². The molecule has 2 amide bonds. The maximum atomic E-state index is 12.7. The van der Waals surface area contributed by atoms with Crippen molar-refractivity contribution in [2.45, 2.75) is 13.8 Å². The Morgan fingerprint density at radius 1 is 0.935 bits per heavy atom. The summed E-state index contributed by atoms with van der Waals surface area (Å²) in [5.41, 5.74) is 5.13. The van der Waals surface area contributed by atoms with Crippen molar-refractivity contribution in [3.8, 4) is 10.6 Å². The number of carbonyl (C=O) groups is 2. The highest BCUT2D eigenvalue weighted by Crippen LogP contribution is 2.31. The molecule has 0 aliphatic rings. The highest BCUT2D eigenvalue weighted by Gasteiger charge is 2.15. The van der Waals surface area contributed by atoms with Crippen molar-refractivity contribution in [2.75, 3.05) is 19.4 Å². The topological polar surface area (TPSA) is 75.2 Å². The van der Waals surface area contributed by atoms with Gasteiger partial charge in [0.15, 0.2) is 0 Å². The lowest BCUT2D eigenvalue weighted by atomic mass is 10.1. The second-order valence-corrected chi connectivity index (χ2v) is 8.58. The summed E-state index contributed by atoms with van der Waals surface area (Å²) >= 11 is 1.65. The predicted molar refractivity (Wildman–Crippen MR) is 125 cm³/mol. The molecule has 0 fully saturated rings. The van der Waals surface area contributed by atoms with Crippen LogP contribution in [-0.4, -0.2) is 40.8 Å². The van der Waals surface area contributed by atoms with Gasteiger partial charge in [0.05, 0.1) is 21.5 Å². The molecular weight excluding hydrogens is 408 g/mol. The number of hydrogen-bond donors (Lipinski definition) is 1. The second-order valence-electron chi connectivity index (χ2n) is 7.55. The van der Waals surface area contributed by atoms with Gasteiger partial charge in [-0.15, -0.1) is 11.3 Å². The molecule has 0 aliphatic heterocycles. The summed E-state index contributed by atoms with van der Waals surface area (Å²) < 4.78 is 1.16. The summed E-state index contributed by atoms with van der Waals surface area (Å²) in [5.74, 6) is -0.465. The lowest BCUT2D eigenvalue weighted by molar-refractivity contribution is 0.0821. The van der Waals surface area contributed by atoms with Gasteiger partial charge < -0.3 is 10.2 Å². The third kappa shape index (κ3) is 4.32. The van der Waals surface area contributed by atoms with Crippen LogP contribution in [0.5, 0.6) is 0 Å². The molecule has 6 nitrogen and oxygen atoms in total. The zero-order chi connectivity index (χ0) is 22.1. The van der Waals surface area contributed by atoms with Crippen molar-refractivity contribution >= 4 is 39.1 Å². The number of nitrogens with zero attached hydrogens (tertiary/aromatic N) is 3. The number of nitrogens with one attached hydrogen (secondary N) is 1. The predicted octanol–water partition coefficient (Wildman–Crippen LogP) is 4.93. The normalized spacial score (nSPS) is 10.8. The van der Waals surface area contributed by atoms with Gasteiger partial charge in [0, 0.05) is 25.3 Å². The van der Waals surface area contributed by atoms with Gasteiger partial charge in [0.25, 0.3) is 11.8 Å². The van der Waals surface area contributed by atoms with Crippen molar-refractivity contribution in [3.63, 3.8) is 0 Å². The van der Waals surface area contributed by atoms with Gasteiger partial charge >= 0.3 is 0 Å². The number of benzene rings is 2. The molecule has 0 spiro atoms. The minimum absolute atomic E-state index is 0.198. The van der Waals surface area contributed by atoms with Crippen LogP contribution in [0.15, 0.2) is 54.6 Å². The van der Waals surface area contributed by atoms with E-state index in [1.807, 2.05) is 30.3 Å². The standard InChI is InChI=1S/C24H22N4O2S/c1-14-5-11-19-21(13-14)31-23(27-19)16-6-8-17(9-7-16)26-22(29)18-10-12-20(25-15(18)2)24(30)28(3)4/h5-13H,1-4H3,(H,26,29). The minimum Gasteiger partial charge on any atom is -0.343 e. The number of pyridine rings is 1. The van der Waals surface area contributed by atoms with Gasteiger partial charge in [-0.1, -0.05) is 6.07 Å². The first kappa shape index (κ1) is 20.7. The zero-order valence-electron chi connectivity index (χ0n) is 17.8. The fraction of sp³-hybridized carbons (Fsp3) is 0.167. The quantitative estimate of drug-likeness (QED) is 0.498. The molecule has 2 aromatic heterocycles. The van der Waals surface area contributed by atoms with Crippen LogP contribution in [-0.2, 0) is 0 Å². The number of aromatic nitrogens is 2. The van der Waals surface area contributed by atoms with Gasteiger partial charge in [-0.2, -0.15) is 0 Å². The lowest BCUT2D eigenvalue weighted by Crippen LogP contribution is -2.23. The van der Waals surface area contributed by atoms with E-state index in [1.54, 1.807) is 44.5 Å². The number of amides is 2. The van der Waals surface area contributed by atoms with E-state index in [9.17, 15) is 9.59 Å². The number of carbonyl (C=O) groups excluding carboxylic acids is 2. The zero-order valence-corrected chi connectivity index (χ0v) is 18.6. The molecule has 0 bridgehead atoms. The molecule has 2 aromatic carbocycles. The summed E-state index contributed by atoms with van der Waals surface area (Å²) in [4.78, 5) is 35.2. The van der Waals surface area contributed by atoms with Crippen LogP contribution in [0, 0.1) is 13.8 Å². The van der Waals surface area contributed by atoms with E-state index in [-0.39, 0.29) is 11.8 Å². The molecule has 4 aromatic rings. The summed E-state index contributed by atoms with van der Waals surface area (Å²) in [6.45, 7) is 3.79. The van der Waals surface area contributed by atoms with Crippen molar-refractivity contribution in [1.82, 2.24) is 14.9 Å². The fourth-order valence-corrected chi connectivity index (χ4v) is 4.27. The first-order valence-electron chi connectivity index (χ1n) is 9.80. The largest absolute Gasteiger partial charge is 0.343 e. The van der Waals surface area contributed by atoms with Crippen molar-refractivity contribution in [1.29, 1.82) is 0 Å². The van der Waals surface area contributed by atoms with Crippen LogP contribution in [0.3, 0.4) is 0 Å². The highest BCUT2D eigenvalue weighted by atomic mass is 32.1. The molecule has 7 heteroatoms. The SMILES string of the molecule is Cc1ccc2nc(-c3ccc(NC(=O)c4ccc(C(=O)N(C)C)nc4C)cc3)sc2c1. The van der Waals surface area contributed by atoms with Gasteiger partial charge in [0.1, 0.15) is 10.7 Å². The molecule has 4 rings (SSSR count). The molecule has 0 saturated heterocycles. The van der Waals surface area contributed by atoms with Gasteiger partial charge in [0.2, 0.25) is 0 Å². The van der Waals surface area contributed by atoms with Crippen LogP contribution < -0.4 is 5.32 Å². The highest BCUT2D eigenvalue weighted by molar-refractivity contribution is 7.21. The maximum absolute atomic E-state index is 12.7.